The Morgan fingerprint density at radius 2 is 1.96 bits per heavy atom. The van der Waals surface area contributed by atoms with Crippen LogP contribution in [0.2, 0.25) is 0 Å². The second kappa shape index (κ2) is 10.4. The summed E-state index contributed by atoms with van der Waals surface area (Å²) >= 11 is 0. The van der Waals surface area contributed by atoms with E-state index in [1.165, 1.54) is 5.56 Å². The third kappa shape index (κ3) is 6.01. The van der Waals surface area contributed by atoms with Gasteiger partial charge in [-0.1, -0.05) is 25.5 Å². The van der Waals surface area contributed by atoms with Crippen LogP contribution in [0.5, 0.6) is 5.75 Å². The van der Waals surface area contributed by atoms with E-state index in [2.05, 4.69) is 29.7 Å². The fourth-order valence-electron chi connectivity index (χ4n) is 3.21. The maximum absolute atomic E-state index is 12.7. The number of hydrogen-bond donors (Lipinski definition) is 2. The van der Waals surface area contributed by atoms with Gasteiger partial charge in [0.05, 0.1) is 18.6 Å². The third-order valence-electron chi connectivity index (χ3n) is 4.85. The zero-order valence-corrected chi connectivity index (χ0v) is 15.6. The van der Waals surface area contributed by atoms with Crippen LogP contribution in [-0.4, -0.2) is 45.9 Å². The number of benzene rings is 1. The zero-order valence-electron chi connectivity index (χ0n) is 15.6. The first-order valence-corrected chi connectivity index (χ1v) is 9.40. The van der Waals surface area contributed by atoms with Gasteiger partial charge in [0.25, 0.3) is 0 Å². The van der Waals surface area contributed by atoms with E-state index in [-0.39, 0.29) is 11.3 Å². The largest absolute Gasteiger partial charge is 0.494 e. The molecular formula is C20H32N2O3. The van der Waals surface area contributed by atoms with Gasteiger partial charge < -0.3 is 20.1 Å². The van der Waals surface area contributed by atoms with Crippen molar-refractivity contribution in [3.63, 3.8) is 0 Å². The van der Waals surface area contributed by atoms with E-state index in [9.17, 15) is 4.79 Å². The molecule has 1 amide bonds. The fourth-order valence-corrected chi connectivity index (χ4v) is 3.21. The predicted molar refractivity (Wildman–Crippen MR) is 100.0 cm³/mol. The molecular weight excluding hydrogens is 316 g/mol. The molecule has 0 aliphatic carbocycles. The molecule has 0 bridgehead atoms. The minimum Gasteiger partial charge on any atom is -0.494 e. The Balaban J connectivity index is 1.78. The Morgan fingerprint density at radius 3 is 2.60 bits per heavy atom. The van der Waals surface area contributed by atoms with Gasteiger partial charge >= 0.3 is 0 Å². The van der Waals surface area contributed by atoms with Crippen molar-refractivity contribution in [3.8, 4) is 5.75 Å². The molecule has 0 aromatic heterocycles. The minimum atomic E-state index is -0.378. The van der Waals surface area contributed by atoms with Crippen molar-refractivity contribution < 1.29 is 14.3 Å². The maximum Gasteiger partial charge on any atom is 0.228 e. The number of nitrogens with one attached hydrogen (secondary N) is 2. The third-order valence-corrected chi connectivity index (χ3v) is 4.85. The average Bonchev–Trinajstić information content (AvgIpc) is 2.64. The van der Waals surface area contributed by atoms with E-state index in [0.717, 1.165) is 57.6 Å². The van der Waals surface area contributed by atoms with E-state index in [1.54, 1.807) is 7.11 Å². The van der Waals surface area contributed by atoms with Crippen LogP contribution in [0.3, 0.4) is 0 Å². The number of methoxy groups -OCH3 is 1. The molecule has 1 aliphatic heterocycles. The highest BCUT2D eigenvalue weighted by atomic mass is 16.5. The molecule has 2 N–H and O–H groups in total. The Bertz CT molecular complexity index is 505. The van der Waals surface area contributed by atoms with Crippen LogP contribution in [0.4, 0.5) is 0 Å². The molecule has 1 aliphatic rings. The van der Waals surface area contributed by atoms with Crippen molar-refractivity contribution in [1.82, 2.24) is 10.6 Å². The second-order valence-corrected chi connectivity index (χ2v) is 6.82. The van der Waals surface area contributed by atoms with E-state index >= 15 is 0 Å². The van der Waals surface area contributed by atoms with Crippen LogP contribution >= 0.6 is 0 Å². The molecule has 0 atom stereocenters. The summed E-state index contributed by atoms with van der Waals surface area (Å²) in [6.45, 7) is 5.80. The van der Waals surface area contributed by atoms with Gasteiger partial charge in [0.1, 0.15) is 5.75 Å². The summed E-state index contributed by atoms with van der Waals surface area (Å²) in [4.78, 5) is 12.7. The van der Waals surface area contributed by atoms with Crippen molar-refractivity contribution in [3.05, 3.63) is 29.8 Å². The first kappa shape index (κ1) is 19.7. The van der Waals surface area contributed by atoms with Gasteiger partial charge in [-0.05, 0) is 56.5 Å². The summed E-state index contributed by atoms with van der Waals surface area (Å²) < 4.78 is 11.0. The van der Waals surface area contributed by atoms with Gasteiger partial charge in [0.15, 0.2) is 0 Å². The molecule has 5 heteroatoms. The Hall–Kier alpha value is -1.59. The molecule has 1 aromatic rings. The van der Waals surface area contributed by atoms with Crippen molar-refractivity contribution in [2.75, 3.05) is 40.0 Å². The van der Waals surface area contributed by atoms with Crippen LogP contribution in [0.15, 0.2) is 24.3 Å². The molecule has 0 unspecified atom stereocenters. The number of carbonyl (C=O) groups is 1. The van der Waals surface area contributed by atoms with Gasteiger partial charge in [-0.25, -0.2) is 0 Å². The Labute approximate surface area is 151 Å². The summed E-state index contributed by atoms with van der Waals surface area (Å²) in [5.74, 6) is 1.03. The molecule has 0 spiro atoms. The zero-order chi connectivity index (χ0) is 18.0. The molecule has 0 radical (unpaired) electrons. The number of ether oxygens (including phenoxy) is 2. The normalized spacial score (nSPS) is 16.4. The molecule has 1 fully saturated rings. The molecule has 2 rings (SSSR count). The van der Waals surface area contributed by atoms with Gasteiger partial charge in [0.2, 0.25) is 5.91 Å². The highest BCUT2D eigenvalue weighted by molar-refractivity contribution is 5.83. The number of amides is 1. The summed E-state index contributed by atoms with van der Waals surface area (Å²) in [6.07, 6.45) is 4.69. The van der Waals surface area contributed by atoms with Crippen LogP contribution in [0.1, 0.15) is 38.2 Å². The number of carbonyl (C=O) groups excluding carboxylic acids is 1. The minimum absolute atomic E-state index is 0.121. The second-order valence-electron chi connectivity index (χ2n) is 6.82. The van der Waals surface area contributed by atoms with Gasteiger partial charge in [-0.2, -0.15) is 0 Å². The first-order valence-electron chi connectivity index (χ1n) is 9.40. The molecule has 5 nitrogen and oxygen atoms in total. The monoisotopic (exact) mass is 348 g/mol. The molecule has 1 saturated heterocycles. The SMILES string of the molecule is CCCCOc1ccc(CCNC(=O)C2(COC)CCNCC2)cc1. The van der Waals surface area contributed by atoms with Crippen LogP contribution < -0.4 is 15.4 Å². The van der Waals surface area contributed by atoms with E-state index in [4.69, 9.17) is 9.47 Å². The lowest BCUT2D eigenvalue weighted by Crippen LogP contribution is -2.50. The lowest BCUT2D eigenvalue weighted by Gasteiger charge is -2.35. The molecule has 0 saturated carbocycles. The van der Waals surface area contributed by atoms with E-state index in [0.29, 0.717) is 13.2 Å². The summed E-state index contributed by atoms with van der Waals surface area (Å²) in [6, 6.07) is 8.16. The predicted octanol–water partition coefficient (Wildman–Crippen LogP) is 2.54. The lowest BCUT2D eigenvalue weighted by molar-refractivity contribution is -0.136. The lowest BCUT2D eigenvalue weighted by atomic mass is 9.78. The van der Waals surface area contributed by atoms with Crippen molar-refractivity contribution >= 4 is 5.91 Å². The smallest absolute Gasteiger partial charge is 0.228 e. The molecule has 140 valence electrons. The standard InChI is InChI=1S/C20H32N2O3/c1-3-4-15-25-18-7-5-17(6-8-18)9-12-22-19(23)20(16-24-2)10-13-21-14-11-20/h5-8,21H,3-4,9-16H2,1-2H3,(H,22,23). The Morgan fingerprint density at radius 1 is 1.24 bits per heavy atom. The number of piperidine rings is 1. The average molecular weight is 348 g/mol. The van der Waals surface area contributed by atoms with Gasteiger partial charge in [-0.15, -0.1) is 0 Å². The highest BCUT2D eigenvalue weighted by Crippen LogP contribution is 2.29. The van der Waals surface area contributed by atoms with E-state index in [1.807, 2.05) is 12.1 Å². The van der Waals surface area contributed by atoms with Crippen LogP contribution in [0, 0.1) is 5.41 Å². The summed E-state index contributed by atoms with van der Waals surface area (Å²) in [5.41, 5.74) is 0.825. The number of hydrogen-bond acceptors (Lipinski definition) is 4. The van der Waals surface area contributed by atoms with Gasteiger partial charge in [0, 0.05) is 13.7 Å². The molecule has 1 heterocycles. The maximum atomic E-state index is 12.7. The molecule has 1 aromatic carbocycles. The van der Waals surface area contributed by atoms with Crippen LogP contribution in [0.25, 0.3) is 0 Å². The molecule has 25 heavy (non-hydrogen) atoms. The summed E-state index contributed by atoms with van der Waals surface area (Å²) in [5, 5.41) is 6.42. The number of rotatable bonds is 10. The highest BCUT2D eigenvalue weighted by Gasteiger charge is 2.39. The van der Waals surface area contributed by atoms with Gasteiger partial charge in [-0.3, -0.25) is 4.79 Å². The number of unbranched alkanes of at least 4 members (excludes halogenated alkanes) is 1. The van der Waals surface area contributed by atoms with E-state index < -0.39 is 0 Å². The topological polar surface area (TPSA) is 59.6 Å². The first-order chi connectivity index (χ1) is 12.2. The Kier molecular flexibility index (Phi) is 8.22. The van der Waals surface area contributed by atoms with Crippen LogP contribution in [-0.2, 0) is 16.0 Å². The summed E-state index contributed by atoms with van der Waals surface area (Å²) in [7, 11) is 1.67. The van der Waals surface area contributed by atoms with Crippen molar-refractivity contribution in [2.24, 2.45) is 5.41 Å². The van der Waals surface area contributed by atoms with Crippen molar-refractivity contribution in [1.29, 1.82) is 0 Å². The van der Waals surface area contributed by atoms with Crippen molar-refractivity contribution in [2.45, 2.75) is 39.0 Å². The fraction of sp³-hybridized carbons (Fsp3) is 0.650. The quantitative estimate of drug-likeness (QED) is 0.638.